The molecule has 1 aromatic rings. The van der Waals surface area contributed by atoms with Crippen LogP contribution in [0.4, 0.5) is 0 Å². The van der Waals surface area contributed by atoms with Crippen molar-refractivity contribution in [1.82, 2.24) is 15.5 Å². The van der Waals surface area contributed by atoms with E-state index in [1.54, 1.807) is 7.05 Å². The fourth-order valence-electron chi connectivity index (χ4n) is 2.44. The molecular formula is C18H31ClN4. The zero-order valence-corrected chi connectivity index (χ0v) is 15.5. The lowest BCUT2D eigenvalue weighted by atomic mass is 10.1. The summed E-state index contributed by atoms with van der Waals surface area (Å²) in [4.78, 5) is 6.71. The van der Waals surface area contributed by atoms with E-state index in [2.05, 4.69) is 40.4 Å². The molecule has 0 saturated heterocycles. The molecule has 5 heteroatoms. The van der Waals surface area contributed by atoms with E-state index < -0.39 is 0 Å². The summed E-state index contributed by atoms with van der Waals surface area (Å²) in [5.41, 5.74) is 1.16. The molecule has 1 aromatic carbocycles. The van der Waals surface area contributed by atoms with Crippen LogP contribution < -0.4 is 10.6 Å². The van der Waals surface area contributed by atoms with E-state index in [4.69, 9.17) is 11.6 Å². The first-order chi connectivity index (χ1) is 11.2. The molecule has 0 aliphatic carbocycles. The van der Waals surface area contributed by atoms with Gasteiger partial charge in [-0.1, -0.05) is 43.6 Å². The quantitative estimate of drug-likeness (QED) is 0.391. The average molecular weight is 339 g/mol. The zero-order valence-electron chi connectivity index (χ0n) is 14.7. The molecule has 0 unspecified atom stereocenters. The molecule has 0 saturated carbocycles. The number of nitrogens with one attached hydrogen (secondary N) is 2. The Labute approximate surface area is 146 Å². The van der Waals surface area contributed by atoms with Crippen molar-refractivity contribution < 1.29 is 0 Å². The average Bonchev–Trinajstić information content (AvgIpc) is 2.58. The number of hydrogen-bond acceptors (Lipinski definition) is 2. The molecule has 0 spiro atoms. The maximum atomic E-state index is 6.16. The molecule has 0 amide bonds. The molecule has 0 heterocycles. The van der Waals surface area contributed by atoms with Crippen LogP contribution in [0.5, 0.6) is 0 Å². The Morgan fingerprint density at radius 1 is 1.09 bits per heavy atom. The van der Waals surface area contributed by atoms with Crippen molar-refractivity contribution in [3.8, 4) is 0 Å². The van der Waals surface area contributed by atoms with Crippen molar-refractivity contribution in [3.05, 3.63) is 34.9 Å². The minimum absolute atomic E-state index is 0.822. The maximum absolute atomic E-state index is 6.16. The standard InChI is InChI=1S/C18H31ClN4/c1-4-23(5-2)15-9-8-13-21-18(20-3)22-14-12-16-10-6-7-11-17(16)19/h6-7,10-11H,4-5,8-9,12-15H2,1-3H3,(H2,20,21,22). The SMILES string of the molecule is CCN(CC)CCCCNC(=NC)NCCc1ccccc1Cl. The van der Waals surface area contributed by atoms with Crippen LogP contribution >= 0.6 is 11.6 Å². The zero-order chi connectivity index (χ0) is 16.9. The highest BCUT2D eigenvalue weighted by Crippen LogP contribution is 2.14. The van der Waals surface area contributed by atoms with Gasteiger partial charge in [0.1, 0.15) is 0 Å². The van der Waals surface area contributed by atoms with Gasteiger partial charge >= 0.3 is 0 Å². The van der Waals surface area contributed by atoms with Crippen LogP contribution in [-0.4, -0.2) is 50.6 Å². The topological polar surface area (TPSA) is 39.7 Å². The van der Waals surface area contributed by atoms with Crippen LogP contribution in [0.3, 0.4) is 0 Å². The second kappa shape index (κ2) is 12.2. The van der Waals surface area contributed by atoms with Gasteiger partial charge in [-0.3, -0.25) is 4.99 Å². The van der Waals surface area contributed by atoms with Gasteiger partial charge in [-0.05, 0) is 50.5 Å². The van der Waals surface area contributed by atoms with Gasteiger partial charge in [-0.25, -0.2) is 0 Å². The molecular weight excluding hydrogens is 308 g/mol. The minimum atomic E-state index is 0.822. The molecule has 130 valence electrons. The molecule has 0 fully saturated rings. The first kappa shape index (κ1) is 19.8. The lowest BCUT2D eigenvalue weighted by Crippen LogP contribution is -2.39. The summed E-state index contributed by atoms with van der Waals surface area (Å²) in [6, 6.07) is 7.97. The van der Waals surface area contributed by atoms with Crippen LogP contribution in [0.1, 0.15) is 32.3 Å². The molecule has 2 N–H and O–H groups in total. The Kier molecular flexibility index (Phi) is 10.5. The molecule has 0 atom stereocenters. The van der Waals surface area contributed by atoms with Gasteiger partial charge in [-0.15, -0.1) is 0 Å². The van der Waals surface area contributed by atoms with Crippen molar-refractivity contribution in [3.63, 3.8) is 0 Å². The third-order valence-electron chi connectivity index (χ3n) is 3.96. The fraction of sp³-hybridized carbons (Fsp3) is 0.611. The number of aliphatic imine (C=N–C) groups is 1. The smallest absolute Gasteiger partial charge is 0.190 e. The molecule has 1 rings (SSSR count). The monoisotopic (exact) mass is 338 g/mol. The summed E-state index contributed by atoms with van der Waals surface area (Å²) < 4.78 is 0. The van der Waals surface area contributed by atoms with Crippen molar-refractivity contribution in [1.29, 1.82) is 0 Å². The highest BCUT2D eigenvalue weighted by molar-refractivity contribution is 6.31. The van der Waals surface area contributed by atoms with Crippen LogP contribution in [-0.2, 0) is 6.42 Å². The van der Waals surface area contributed by atoms with E-state index in [1.807, 2.05) is 18.2 Å². The van der Waals surface area contributed by atoms with E-state index in [1.165, 1.54) is 13.0 Å². The summed E-state index contributed by atoms with van der Waals surface area (Å²) >= 11 is 6.16. The summed E-state index contributed by atoms with van der Waals surface area (Å²) in [6.07, 6.45) is 3.26. The first-order valence-electron chi connectivity index (χ1n) is 8.61. The van der Waals surface area contributed by atoms with E-state index in [-0.39, 0.29) is 0 Å². The maximum Gasteiger partial charge on any atom is 0.190 e. The lowest BCUT2D eigenvalue weighted by molar-refractivity contribution is 0.297. The molecule has 4 nitrogen and oxygen atoms in total. The number of nitrogens with zero attached hydrogens (tertiary/aromatic N) is 2. The normalized spacial score (nSPS) is 11.8. The molecule has 0 bridgehead atoms. The first-order valence-corrected chi connectivity index (χ1v) is 8.99. The number of guanidine groups is 1. The largest absolute Gasteiger partial charge is 0.356 e. The summed E-state index contributed by atoms with van der Waals surface area (Å²) in [5, 5.41) is 7.53. The predicted molar refractivity (Wildman–Crippen MR) is 102 cm³/mol. The van der Waals surface area contributed by atoms with Gasteiger partial charge in [0, 0.05) is 25.2 Å². The number of hydrogen-bond donors (Lipinski definition) is 2. The summed E-state index contributed by atoms with van der Waals surface area (Å²) in [6.45, 7) is 9.65. The van der Waals surface area contributed by atoms with Gasteiger partial charge in [0.15, 0.2) is 5.96 Å². The molecule has 0 radical (unpaired) electrons. The van der Waals surface area contributed by atoms with Crippen LogP contribution in [0, 0.1) is 0 Å². The van der Waals surface area contributed by atoms with Crippen LogP contribution in [0.25, 0.3) is 0 Å². The van der Waals surface area contributed by atoms with Crippen molar-refractivity contribution in [2.75, 3.05) is 39.8 Å². The predicted octanol–water partition coefficient (Wildman–Crippen LogP) is 3.17. The van der Waals surface area contributed by atoms with Crippen molar-refractivity contribution >= 4 is 17.6 Å². The van der Waals surface area contributed by atoms with Gasteiger partial charge in [0.2, 0.25) is 0 Å². The van der Waals surface area contributed by atoms with Gasteiger partial charge in [0.25, 0.3) is 0 Å². The number of rotatable bonds is 10. The molecule has 0 aliphatic heterocycles. The highest BCUT2D eigenvalue weighted by Gasteiger charge is 2.01. The van der Waals surface area contributed by atoms with Crippen molar-refractivity contribution in [2.24, 2.45) is 4.99 Å². The Balaban J connectivity index is 2.16. The van der Waals surface area contributed by atoms with Crippen molar-refractivity contribution in [2.45, 2.75) is 33.1 Å². The van der Waals surface area contributed by atoms with E-state index in [9.17, 15) is 0 Å². The number of halogens is 1. The molecule has 0 aromatic heterocycles. The summed E-state index contributed by atoms with van der Waals surface area (Å²) in [7, 11) is 1.81. The van der Waals surface area contributed by atoms with Gasteiger partial charge < -0.3 is 15.5 Å². The lowest BCUT2D eigenvalue weighted by Gasteiger charge is -2.18. The van der Waals surface area contributed by atoms with E-state index >= 15 is 0 Å². The highest BCUT2D eigenvalue weighted by atomic mass is 35.5. The molecule has 0 aliphatic rings. The Morgan fingerprint density at radius 2 is 1.78 bits per heavy atom. The third-order valence-corrected chi connectivity index (χ3v) is 4.32. The number of unbranched alkanes of at least 4 members (excludes halogenated alkanes) is 1. The Hall–Kier alpha value is -1.26. The van der Waals surface area contributed by atoms with Crippen LogP contribution in [0.15, 0.2) is 29.3 Å². The van der Waals surface area contributed by atoms with Gasteiger partial charge in [0.05, 0.1) is 0 Å². The molecule has 23 heavy (non-hydrogen) atoms. The second-order valence-electron chi connectivity index (χ2n) is 5.50. The van der Waals surface area contributed by atoms with Crippen LogP contribution in [0.2, 0.25) is 5.02 Å². The number of benzene rings is 1. The third kappa shape index (κ3) is 8.24. The Bertz CT molecular complexity index is 458. The van der Waals surface area contributed by atoms with E-state index in [0.717, 1.165) is 55.6 Å². The Morgan fingerprint density at radius 3 is 2.43 bits per heavy atom. The minimum Gasteiger partial charge on any atom is -0.356 e. The van der Waals surface area contributed by atoms with E-state index in [0.29, 0.717) is 0 Å². The second-order valence-corrected chi connectivity index (χ2v) is 5.91. The summed E-state index contributed by atoms with van der Waals surface area (Å²) in [5.74, 6) is 0.861. The van der Waals surface area contributed by atoms with Gasteiger partial charge in [-0.2, -0.15) is 0 Å². The fourth-order valence-corrected chi connectivity index (χ4v) is 2.67.